The predicted octanol–water partition coefficient (Wildman–Crippen LogP) is 1.70. The standard InChI is InChI=1S/C14H22N2O2/c1-11(2)18-13-7-5-4-6-12(13)10-16-9-8-14(17)15-3/h4-7,11,16H,8-10H2,1-3H3,(H,15,17). The number of hydrogen-bond donors (Lipinski definition) is 2. The minimum Gasteiger partial charge on any atom is -0.491 e. The van der Waals surface area contributed by atoms with Crippen molar-refractivity contribution in [3.05, 3.63) is 29.8 Å². The number of carbonyl (C=O) groups excluding carboxylic acids is 1. The van der Waals surface area contributed by atoms with Gasteiger partial charge in [-0.05, 0) is 19.9 Å². The molecule has 4 heteroatoms. The van der Waals surface area contributed by atoms with E-state index in [1.54, 1.807) is 7.05 Å². The normalized spacial score (nSPS) is 10.4. The molecule has 0 heterocycles. The smallest absolute Gasteiger partial charge is 0.221 e. The van der Waals surface area contributed by atoms with E-state index in [1.807, 2.05) is 38.1 Å². The van der Waals surface area contributed by atoms with Crippen LogP contribution in [-0.4, -0.2) is 25.6 Å². The van der Waals surface area contributed by atoms with Gasteiger partial charge in [0.1, 0.15) is 5.75 Å². The molecular formula is C14H22N2O2. The maximum atomic E-state index is 11.1. The summed E-state index contributed by atoms with van der Waals surface area (Å²) in [6.45, 7) is 5.39. The lowest BCUT2D eigenvalue weighted by atomic mass is 10.2. The lowest BCUT2D eigenvalue weighted by Gasteiger charge is -2.14. The molecule has 1 aromatic rings. The Balaban J connectivity index is 2.43. The Labute approximate surface area is 109 Å². The van der Waals surface area contributed by atoms with Crippen LogP contribution in [0.15, 0.2) is 24.3 Å². The number of ether oxygens (including phenoxy) is 1. The zero-order valence-electron chi connectivity index (χ0n) is 11.3. The molecule has 4 nitrogen and oxygen atoms in total. The summed E-state index contributed by atoms with van der Waals surface area (Å²) in [6.07, 6.45) is 0.654. The van der Waals surface area contributed by atoms with E-state index in [1.165, 1.54) is 0 Å². The van der Waals surface area contributed by atoms with Gasteiger partial charge < -0.3 is 15.4 Å². The molecule has 2 N–H and O–H groups in total. The number of carbonyl (C=O) groups is 1. The van der Waals surface area contributed by atoms with Crippen LogP contribution < -0.4 is 15.4 Å². The van der Waals surface area contributed by atoms with Crippen LogP contribution in [0.1, 0.15) is 25.8 Å². The third-order valence-corrected chi connectivity index (χ3v) is 2.46. The lowest BCUT2D eigenvalue weighted by Crippen LogP contribution is -2.24. The molecule has 1 amide bonds. The summed E-state index contributed by atoms with van der Waals surface area (Å²) in [5.41, 5.74) is 1.11. The van der Waals surface area contributed by atoms with Gasteiger partial charge in [0.25, 0.3) is 0 Å². The Morgan fingerprint density at radius 1 is 1.33 bits per heavy atom. The molecule has 0 fully saturated rings. The van der Waals surface area contributed by atoms with Crippen LogP contribution in [0, 0.1) is 0 Å². The second-order valence-corrected chi connectivity index (χ2v) is 4.37. The molecule has 0 aliphatic carbocycles. The SMILES string of the molecule is CNC(=O)CCNCc1ccccc1OC(C)C. The van der Waals surface area contributed by atoms with Crippen LogP contribution in [0.3, 0.4) is 0 Å². The monoisotopic (exact) mass is 250 g/mol. The fourth-order valence-corrected chi connectivity index (χ4v) is 1.57. The summed E-state index contributed by atoms with van der Waals surface area (Å²) in [5.74, 6) is 0.953. The van der Waals surface area contributed by atoms with Gasteiger partial charge in [0.05, 0.1) is 6.10 Å². The molecule has 0 saturated carbocycles. The summed E-state index contributed by atoms with van der Waals surface area (Å²) >= 11 is 0. The van der Waals surface area contributed by atoms with E-state index in [0.717, 1.165) is 11.3 Å². The van der Waals surface area contributed by atoms with Crippen molar-refractivity contribution in [2.24, 2.45) is 0 Å². The maximum absolute atomic E-state index is 11.1. The number of para-hydroxylation sites is 1. The van der Waals surface area contributed by atoms with E-state index in [4.69, 9.17) is 4.74 Å². The third kappa shape index (κ3) is 5.19. The van der Waals surface area contributed by atoms with Crippen LogP contribution in [0.25, 0.3) is 0 Å². The highest BCUT2D eigenvalue weighted by atomic mass is 16.5. The molecule has 0 aromatic heterocycles. The van der Waals surface area contributed by atoms with Gasteiger partial charge in [0.2, 0.25) is 5.91 Å². The van der Waals surface area contributed by atoms with Crippen molar-refractivity contribution in [3.8, 4) is 5.75 Å². The Bertz CT molecular complexity index is 378. The fourth-order valence-electron chi connectivity index (χ4n) is 1.57. The van der Waals surface area contributed by atoms with Gasteiger partial charge in [-0.2, -0.15) is 0 Å². The molecule has 100 valence electrons. The van der Waals surface area contributed by atoms with Crippen molar-refractivity contribution in [2.75, 3.05) is 13.6 Å². The number of hydrogen-bond acceptors (Lipinski definition) is 3. The maximum Gasteiger partial charge on any atom is 0.221 e. The summed E-state index contributed by atoms with van der Waals surface area (Å²) < 4.78 is 5.73. The lowest BCUT2D eigenvalue weighted by molar-refractivity contribution is -0.120. The molecule has 0 spiro atoms. The average Bonchev–Trinajstić information content (AvgIpc) is 2.35. The van der Waals surface area contributed by atoms with Crippen molar-refractivity contribution >= 4 is 5.91 Å². The van der Waals surface area contributed by atoms with Crippen LogP contribution >= 0.6 is 0 Å². The van der Waals surface area contributed by atoms with Crippen LogP contribution in [-0.2, 0) is 11.3 Å². The molecule has 0 bridgehead atoms. The summed E-state index contributed by atoms with van der Waals surface area (Å²) in [4.78, 5) is 11.1. The fraction of sp³-hybridized carbons (Fsp3) is 0.500. The quantitative estimate of drug-likeness (QED) is 0.724. The Morgan fingerprint density at radius 2 is 2.06 bits per heavy atom. The summed E-state index contributed by atoms with van der Waals surface area (Å²) in [6, 6.07) is 7.95. The van der Waals surface area contributed by atoms with E-state index in [-0.39, 0.29) is 12.0 Å². The van der Waals surface area contributed by atoms with E-state index >= 15 is 0 Å². The van der Waals surface area contributed by atoms with Crippen molar-refractivity contribution in [3.63, 3.8) is 0 Å². The largest absolute Gasteiger partial charge is 0.491 e. The number of benzene rings is 1. The molecule has 0 aliphatic heterocycles. The van der Waals surface area contributed by atoms with E-state index in [0.29, 0.717) is 19.5 Å². The first-order valence-corrected chi connectivity index (χ1v) is 6.29. The third-order valence-electron chi connectivity index (χ3n) is 2.46. The van der Waals surface area contributed by atoms with Gasteiger partial charge in [0, 0.05) is 32.1 Å². The van der Waals surface area contributed by atoms with Crippen molar-refractivity contribution in [2.45, 2.75) is 32.9 Å². The zero-order valence-corrected chi connectivity index (χ0v) is 11.3. The second kappa shape index (κ2) is 7.71. The molecule has 0 unspecified atom stereocenters. The van der Waals surface area contributed by atoms with Crippen molar-refractivity contribution in [1.82, 2.24) is 10.6 Å². The highest BCUT2D eigenvalue weighted by Gasteiger charge is 2.04. The van der Waals surface area contributed by atoms with Crippen LogP contribution in [0.2, 0.25) is 0 Å². The Kier molecular flexibility index (Phi) is 6.22. The highest BCUT2D eigenvalue weighted by molar-refractivity contribution is 5.75. The van der Waals surface area contributed by atoms with Gasteiger partial charge in [-0.1, -0.05) is 18.2 Å². The van der Waals surface area contributed by atoms with Gasteiger partial charge in [0.15, 0.2) is 0 Å². The first-order valence-electron chi connectivity index (χ1n) is 6.29. The minimum atomic E-state index is 0.0502. The summed E-state index contributed by atoms with van der Waals surface area (Å²) in [5, 5.41) is 5.84. The Hall–Kier alpha value is -1.55. The van der Waals surface area contributed by atoms with E-state index in [2.05, 4.69) is 10.6 Å². The minimum absolute atomic E-state index is 0.0502. The molecule has 0 saturated heterocycles. The van der Waals surface area contributed by atoms with E-state index in [9.17, 15) is 4.79 Å². The molecule has 18 heavy (non-hydrogen) atoms. The first-order chi connectivity index (χ1) is 8.63. The Morgan fingerprint density at radius 3 is 2.72 bits per heavy atom. The van der Waals surface area contributed by atoms with Gasteiger partial charge in [-0.25, -0.2) is 0 Å². The highest BCUT2D eigenvalue weighted by Crippen LogP contribution is 2.18. The molecule has 1 aromatic carbocycles. The van der Waals surface area contributed by atoms with Gasteiger partial charge >= 0.3 is 0 Å². The molecule has 1 rings (SSSR count). The van der Waals surface area contributed by atoms with Crippen LogP contribution in [0.5, 0.6) is 5.75 Å². The van der Waals surface area contributed by atoms with Gasteiger partial charge in [-0.3, -0.25) is 4.79 Å². The average molecular weight is 250 g/mol. The van der Waals surface area contributed by atoms with E-state index < -0.39 is 0 Å². The van der Waals surface area contributed by atoms with Crippen LogP contribution in [0.4, 0.5) is 0 Å². The first kappa shape index (κ1) is 14.5. The summed E-state index contributed by atoms with van der Waals surface area (Å²) in [7, 11) is 1.65. The van der Waals surface area contributed by atoms with Gasteiger partial charge in [-0.15, -0.1) is 0 Å². The number of rotatable bonds is 7. The van der Waals surface area contributed by atoms with Crippen molar-refractivity contribution in [1.29, 1.82) is 0 Å². The molecule has 0 atom stereocenters. The topological polar surface area (TPSA) is 50.4 Å². The predicted molar refractivity (Wildman–Crippen MR) is 72.6 cm³/mol. The molecule has 0 aliphatic rings. The number of nitrogens with one attached hydrogen (secondary N) is 2. The van der Waals surface area contributed by atoms with Crippen molar-refractivity contribution < 1.29 is 9.53 Å². The molecule has 0 radical (unpaired) electrons. The molecular weight excluding hydrogens is 228 g/mol. The number of amides is 1. The second-order valence-electron chi connectivity index (χ2n) is 4.37. The zero-order chi connectivity index (χ0) is 13.4.